The Morgan fingerprint density at radius 2 is 1.28 bits per heavy atom. The first kappa shape index (κ1) is 24.2. The third-order valence-electron chi connectivity index (χ3n) is 6.68. The molecule has 0 N–H and O–H groups in total. The van der Waals surface area contributed by atoms with E-state index in [4.69, 9.17) is 16.9 Å². The molecule has 0 aromatic heterocycles. The molecule has 3 unspecified atom stereocenters. The molecule has 32 heavy (non-hydrogen) atoms. The Hall–Kier alpha value is -2.44. The normalized spacial score (nSPS) is 21.0. The van der Waals surface area contributed by atoms with Gasteiger partial charge in [0.15, 0.2) is 0 Å². The van der Waals surface area contributed by atoms with Crippen molar-refractivity contribution in [3.63, 3.8) is 0 Å². The van der Waals surface area contributed by atoms with Crippen molar-refractivity contribution in [3.05, 3.63) is 70.8 Å². The van der Waals surface area contributed by atoms with Crippen LogP contribution in [0.5, 0.6) is 0 Å². The summed E-state index contributed by atoms with van der Waals surface area (Å²) in [6, 6.07) is 18.6. The van der Waals surface area contributed by atoms with Gasteiger partial charge in [-0.1, -0.05) is 48.5 Å². The van der Waals surface area contributed by atoms with Crippen molar-refractivity contribution in [2.24, 2.45) is 11.8 Å². The third-order valence-corrected chi connectivity index (χ3v) is 6.99. The van der Waals surface area contributed by atoms with Gasteiger partial charge < -0.3 is 0 Å². The fourth-order valence-corrected chi connectivity index (χ4v) is 4.74. The average molecular weight is 450 g/mol. The Kier molecular flexibility index (Phi) is 9.06. The van der Waals surface area contributed by atoms with Crippen molar-refractivity contribution in [1.82, 2.24) is 0 Å². The predicted molar refractivity (Wildman–Crippen MR) is 129 cm³/mol. The maximum Gasteiger partial charge on any atom is 0.136 e. The van der Waals surface area contributed by atoms with Gasteiger partial charge in [0.2, 0.25) is 0 Å². The van der Waals surface area contributed by atoms with Crippen molar-refractivity contribution in [3.8, 4) is 6.07 Å². The summed E-state index contributed by atoms with van der Waals surface area (Å²) in [7, 11) is 0. The van der Waals surface area contributed by atoms with E-state index in [1.165, 1.54) is 11.1 Å². The summed E-state index contributed by atoms with van der Waals surface area (Å²) < 4.78 is 0. The van der Waals surface area contributed by atoms with Gasteiger partial charge in [-0.25, -0.2) is 0 Å². The van der Waals surface area contributed by atoms with E-state index in [1.807, 2.05) is 31.2 Å². The number of hydrogen-bond donors (Lipinski definition) is 0. The Bertz CT molecular complexity index is 943. The second-order valence-corrected chi connectivity index (χ2v) is 9.33. The van der Waals surface area contributed by atoms with E-state index in [1.54, 1.807) is 0 Å². The molecule has 4 heteroatoms. The Morgan fingerprint density at radius 3 is 1.66 bits per heavy atom. The summed E-state index contributed by atoms with van der Waals surface area (Å²) in [4.78, 5) is 23.0. The van der Waals surface area contributed by atoms with Crippen molar-refractivity contribution < 1.29 is 9.59 Å². The number of Topliss-reactive ketones (excluding diaryl/α,β-unsaturated/α-hetero) is 2. The smallest absolute Gasteiger partial charge is 0.136 e. The minimum Gasteiger partial charge on any atom is -0.299 e. The largest absolute Gasteiger partial charge is 0.299 e. The van der Waals surface area contributed by atoms with E-state index >= 15 is 0 Å². The number of carbonyl (C=O) groups is 2. The highest BCUT2D eigenvalue weighted by Gasteiger charge is 2.25. The second-order valence-electron chi connectivity index (χ2n) is 9.06. The van der Waals surface area contributed by atoms with Crippen LogP contribution in [0, 0.1) is 23.2 Å². The number of halogens is 1. The molecule has 2 fully saturated rings. The van der Waals surface area contributed by atoms with Gasteiger partial charge in [0.05, 0.1) is 12.0 Å². The van der Waals surface area contributed by atoms with E-state index in [0.29, 0.717) is 17.4 Å². The molecule has 2 aromatic rings. The van der Waals surface area contributed by atoms with Crippen LogP contribution in [0.4, 0.5) is 0 Å². The summed E-state index contributed by atoms with van der Waals surface area (Å²) in [6.07, 6.45) is 7.53. The Morgan fingerprint density at radius 1 is 0.844 bits per heavy atom. The third kappa shape index (κ3) is 6.78. The van der Waals surface area contributed by atoms with Crippen LogP contribution in [-0.2, 0) is 28.3 Å². The highest BCUT2D eigenvalue weighted by atomic mass is 35.5. The fourth-order valence-electron chi connectivity index (χ4n) is 4.56. The maximum atomic E-state index is 11.6. The first-order valence-electron chi connectivity index (χ1n) is 11.7. The molecule has 3 atom stereocenters. The summed E-state index contributed by atoms with van der Waals surface area (Å²) in [5.41, 5.74) is 4.65. The molecule has 2 aliphatic carbocycles. The van der Waals surface area contributed by atoms with Crippen molar-refractivity contribution in [2.75, 3.05) is 0 Å². The number of hydrogen-bond acceptors (Lipinski definition) is 3. The van der Waals surface area contributed by atoms with Crippen molar-refractivity contribution >= 4 is 23.2 Å². The van der Waals surface area contributed by atoms with Gasteiger partial charge in [0, 0.05) is 30.6 Å². The van der Waals surface area contributed by atoms with Gasteiger partial charge in [-0.3, -0.25) is 9.59 Å². The summed E-state index contributed by atoms with van der Waals surface area (Å²) in [5.74, 6) is 1.86. The maximum absolute atomic E-state index is 11.6. The van der Waals surface area contributed by atoms with E-state index in [2.05, 4.69) is 30.3 Å². The number of ketones is 2. The number of carbonyl (C=O) groups excluding carboxylic acids is 2. The second kappa shape index (κ2) is 12.0. The minimum atomic E-state index is -0.0582. The lowest BCUT2D eigenvalue weighted by Crippen LogP contribution is -2.09. The van der Waals surface area contributed by atoms with Gasteiger partial charge in [0.25, 0.3) is 0 Å². The number of rotatable bonds is 6. The molecule has 0 amide bonds. The first-order chi connectivity index (χ1) is 15.5. The molecule has 2 saturated carbocycles. The molecule has 0 heterocycles. The van der Waals surface area contributed by atoms with Crippen LogP contribution in [0.1, 0.15) is 73.6 Å². The van der Waals surface area contributed by atoms with Crippen LogP contribution >= 0.6 is 11.6 Å². The number of nitriles is 1. The highest BCUT2D eigenvalue weighted by molar-refractivity contribution is 6.17. The zero-order valence-corrected chi connectivity index (χ0v) is 19.6. The zero-order valence-electron chi connectivity index (χ0n) is 18.9. The van der Waals surface area contributed by atoms with Crippen LogP contribution in [0.2, 0.25) is 0 Å². The van der Waals surface area contributed by atoms with Crippen LogP contribution in [-0.4, -0.2) is 11.6 Å². The van der Waals surface area contributed by atoms with Gasteiger partial charge in [-0.2, -0.15) is 5.26 Å². The molecule has 0 saturated heterocycles. The van der Waals surface area contributed by atoms with Gasteiger partial charge in [-0.05, 0) is 67.7 Å². The van der Waals surface area contributed by atoms with Crippen LogP contribution in [0.3, 0.4) is 0 Å². The molecule has 2 aliphatic rings. The monoisotopic (exact) mass is 449 g/mol. The topological polar surface area (TPSA) is 57.9 Å². The Labute approximate surface area is 196 Å². The van der Waals surface area contributed by atoms with Crippen molar-refractivity contribution in [2.45, 2.75) is 70.1 Å². The van der Waals surface area contributed by atoms with E-state index in [0.717, 1.165) is 62.5 Å². The van der Waals surface area contributed by atoms with E-state index < -0.39 is 0 Å². The van der Waals surface area contributed by atoms with Gasteiger partial charge in [0.1, 0.15) is 11.6 Å². The zero-order chi connectivity index (χ0) is 22.9. The van der Waals surface area contributed by atoms with E-state index in [-0.39, 0.29) is 17.8 Å². The molecule has 2 aromatic carbocycles. The molecular formula is C28H32ClNO2. The average Bonchev–Trinajstić information content (AvgIpc) is 3.42. The lowest BCUT2D eigenvalue weighted by atomic mass is 9.95. The number of alkyl halides is 1. The van der Waals surface area contributed by atoms with Crippen LogP contribution < -0.4 is 0 Å². The summed E-state index contributed by atoms with van der Waals surface area (Å²) in [6.45, 7) is 1.90. The predicted octanol–water partition coefficient (Wildman–Crippen LogP) is 6.56. The lowest BCUT2D eigenvalue weighted by Gasteiger charge is -2.09. The first-order valence-corrected chi connectivity index (χ1v) is 12.2. The lowest BCUT2D eigenvalue weighted by molar-refractivity contribution is -0.121. The molecule has 0 aliphatic heterocycles. The molecule has 168 valence electrons. The van der Waals surface area contributed by atoms with Crippen LogP contribution in [0.25, 0.3) is 0 Å². The van der Waals surface area contributed by atoms with Crippen LogP contribution in [0.15, 0.2) is 48.5 Å². The summed E-state index contributed by atoms with van der Waals surface area (Å²) >= 11 is 5.72. The quantitative estimate of drug-likeness (QED) is 0.469. The molecule has 0 bridgehead atoms. The fraction of sp³-hybridized carbons (Fsp3) is 0.464. The number of nitrogens with zero attached hydrogens (tertiary/aromatic N) is 1. The van der Waals surface area contributed by atoms with Crippen molar-refractivity contribution in [1.29, 1.82) is 5.26 Å². The molecule has 3 nitrogen and oxygen atoms in total. The van der Waals surface area contributed by atoms with Gasteiger partial charge >= 0.3 is 0 Å². The Balaban J connectivity index is 0.000000182. The highest BCUT2D eigenvalue weighted by Crippen LogP contribution is 2.26. The molecular weight excluding hydrogens is 418 g/mol. The van der Waals surface area contributed by atoms with Gasteiger partial charge in [-0.15, -0.1) is 11.6 Å². The minimum absolute atomic E-state index is 0.0582. The molecule has 0 radical (unpaired) electrons. The summed E-state index contributed by atoms with van der Waals surface area (Å²) in [5, 5.41) is 8.83. The molecule has 4 rings (SSSR count). The van der Waals surface area contributed by atoms with E-state index in [9.17, 15) is 9.59 Å². The molecule has 0 spiro atoms. The SMILES string of the molecule is CC(C#N)c1ccc(CC2CCCC2=O)cc1.O=C1CCCC1Cc1ccc(CCl)cc1. The number of benzene rings is 2. The standard InChI is InChI=1S/C15H17NO.C13H15ClO/c1-11(10-16)13-7-5-12(6-8-13)9-14-3-2-4-15(14)17;14-9-11-6-4-10(5-7-11)8-12-2-1-3-13(12)15/h5-8,11,14H,2-4,9H2,1H3;4-7,12H,1-3,8-9H2.